The zero-order valence-corrected chi connectivity index (χ0v) is 26.2. The van der Waals surface area contributed by atoms with Crippen LogP contribution in [-0.4, -0.2) is 52.4 Å². The predicted octanol–water partition coefficient (Wildman–Crippen LogP) is 5.07. The van der Waals surface area contributed by atoms with Crippen molar-refractivity contribution >= 4 is 23.8 Å². The summed E-state index contributed by atoms with van der Waals surface area (Å²) in [6.07, 6.45) is 1.84. The highest BCUT2D eigenvalue weighted by atomic mass is 16.6. The smallest absolute Gasteiger partial charge is 0.408 e. The van der Waals surface area contributed by atoms with E-state index in [4.69, 9.17) is 10.5 Å². The number of nitrogens with two attached hydrogens (primary N) is 1. The fraction of sp³-hybridized carbons (Fsp3) is 0.677. The van der Waals surface area contributed by atoms with E-state index in [2.05, 4.69) is 24.5 Å². The van der Waals surface area contributed by atoms with Crippen LogP contribution >= 0.6 is 0 Å². The number of carbonyl (C=O) groups excluding carboxylic acids is 4. The highest BCUT2D eigenvalue weighted by Gasteiger charge is 2.40. The Hall–Kier alpha value is -3.10. The third-order valence-corrected chi connectivity index (χ3v) is 6.65. The third-order valence-electron chi connectivity index (χ3n) is 6.65. The van der Waals surface area contributed by atoms with E-state index >= 15 is 0 Å². The Morgan fingerprint density at radius 1 is 0.975 bits per heavy atom. The standard InChI is InChI=1S/C31H52N4O5/c1-11-12-22(6)33-28(37)27(24-17-20(4)14-15-21(24)5)35(23(7)16-13-19(2)3)29(38)25(18-26(32)36)34-30(39)40-31(8,9)10/h14-15,17,19,22-23,25,27H,11-13,16,18H2,1-10H3,(H2,32,36)(H,33,37)(H,34,39). The molecule has 4 N–H and O–H groups in total. The van der Waals surface area contributed by atoms with E-state index in [0.717, 1.165) is 30.4 Å². The normalized spacial score (nSPS) is 14.6. The minimum absolute atomic E-state index is 0.102. The first-order valence-electron chi connectivity index (χ1n) is 14.4. The van der Waals surface area contributed by atoms with Gasteiger partial charge >= 0.3 is 6.09 Å². The van der Waals surface area contributed by atoms with Crippen molar-refractivity contribution in [3.8, 4) is 0 Å². The first-order valence-corrected chi connectivity index (χ1v) is 14.4. The van der Waals surface area contributed by atoms with Gasteiger partial charge in [-0.3, -0.25) is 14.4 Å². The number of hydrogen-bond acceptors (Lipinski definition) is 5. The van der Waals surface area contributed by atoms with Crippen LogP contribution in [0.5, 0.6) is 0 Å². The Morgan fingerprint density at radius 3 is 2.12 bits per heavy atom. The maximum absolute atomic E-state index is 14.4. The Balaban J connectivity index is 3.74. The van der Waals surface area contributed by atoms with E-state index in [1.165, 1.54) is 4.90 Å². The lowest BCUT2D eigenvalue weighted by Gasteiger charge is -2.39. The lowest BCUT2D eigenvalue weighted by atomic mass is 9.93. The molecule has 0 bridgehead atoms. The van der Waals surface area contributed by atoms with Gasteiger partial charge in [0.05, 0.1) is 6.42 Å². The van der Waals surface area contributed by atoms with Gasteiger partial charge in [0.25, 0.3) is 0 Å². The van der Waals surface area contributed by atoms with Crippen molar-refractivity contribution < 1.29 is 23.9 Å². The van der Waals surface area contributed by atoms with Crippen LogP contribution in [0.4, 0.5) is 4.79 Å². The maximum Gasteiger partial charge on any atom is 0.408 e. The van der Waals surface area contributed by atoms with Crippen molar-refractivity contribution in [2.24, 2.45) is 11.7 Å². The quantitative estimate of drug-likeness (QED) is 0.292. The van der Waals surface area contributed by atoms with Gasteiger partial charge in [-0.05, 0) is 84.8 Å². The van der Waals surface area contributed by atoms with Crippen molar-refractivity contribution in [2.45, 2.75) is 131 Å². The summed E-state index contributed by atoms with van der Waals surface area (Å²) in [5, 5.41) is 5.65. The van der Waals surface area contributed by atoms with Gasteiger partial charge in [-0.25, -0.2) is 4.79 Å². The topological polar surface area (TPSA) is 131 Å². The van der Waals surface area contributed by atoms with Crippen LogP contribution in [0.25, 0.3) is 0 Å². The summed E-state index contributed by atoms with van der Waals surface area (Å²) >= 11 is 0. The highest BCUT2D eigenvalue weighted by Crippen LogP contribution is 2.31. The van der Waals surface area contributed by atoms with Crippen LogP contribution in [0.2, 0.25) is 0 Å². The molecule has 40 heavy (non-hydrogen) atoms. The van der Waals surface area contributed by atoms with E-state index in [-0.39, 0.29) is 18.0 Å². The maximum atomic E-state index is 14.4. The largest absolute Gasteiger partial charge is 0.444 e. The molecule has 9 heteroatoms. The molecule has 0 aliphatic carbocycles. The summed E-state index contributed by atoms with van der Waals surface area (Å²) in [6.45, 7) is 19.0. The third kappa shape index (κ3) is 11.6. The molecule has 226 valence electrons. The Labute approximate surface area is 241 Å². The molecule has 4 atom stereocenters. The Morgan fingerprint density at radius 2 is 1.60 bits per heavy atom. The van der Waals surface area contributed by atoms with E-state index in [1.54, 1.807) is 20.8 Å². The molecule has 0 spiro atoms. The van der Waals surface area contributed by atoms with Crippen molar-refractivity contribution in [1.29, 1.82) is 0 Å². The van der Waals surface area contributed by atoms with Crippen molar-refractivity contribution in [3.63, 3.8) is 0 Å². The Kier molecular flexibility index (Phi) is 13.6. The molecule has 1 aromatic carbocycles. The first kappa shape index (κ1) is 34.9. The van der Waals surface area contributed by atoms with Gasteiger partial charge in [-0.2, -0.15) is 0 Å². The molecule has 1 aromatic rings. The van der Waals surface area contributed by atoms with Gasteiger partial charge in [0.2, 0.25) is 17.7 Å². The molecule has 4 amide bonds. The fourth-order valence-corrected chi connectivity index (χ4v) is 4.64. The van der Waals surface area contributed by atoms with E-state index in [0.29, 0.717) is 17.9 Å². The number of aryl methyl sites for hydroxylation is 2. The lowest BCUT2D eigenvalue weighted by Crippen LogP contribution is -2.57. The number of nitrogens with one attached hydrogen (secondary N) is 2. The minimum Gasteiger partial charge on any atom is -0.444 e. The van der Waals surface area contributed by atoms with Crippen LogP contribution in [0, 0.1) is 19.8 Å². The fourth-order valence-electron chi connectivity index (χ4n) is 4.64. The summed E-state index contributed by atoms with van der Waals surface area (Å²) in [6, 6.07) is 3.04. The number of benzene rings is 1. The van der Waals surface area contributed by atoms with Crippen LogP contribution in [0.3, 0.4) is 0 Å². The van der Waals surface area contributed by atoms with Gasteiger partial charge in [0.15, 0.2) is 0 Å². The summed E-state index contributed by atoms with van der Waals surface area (Å²) in [7, 11) is 0. The van der Waals surface area contributed by atoms with Crippen LogP contribution in [0.15, 0.2) is 18.2 Å². The summed E-state index contributed by atoms with van der Waals surface area (Å²) in [4.78, 5) is 54.7. The molecule has 9 nitrogen and oxygen atoms in total. The molecule has 0 aliphatic heterocycles. The van der Waals surface area contributed by atoms with Crippen molar-refractivity contribution in [3.05, 3.63) is 34.9 Å². The number of alkyl carbamates (subject to hydrolysis) is 1. The molecule has 0 saturated heterocycles. The average Bonchev–Trinajstić information content (AvgIpc) is 2.80. The van der Waals surface area contributed by atoms with Crippen LogP contribution in [0.1, 0.15) is 110 Å². The number of hydrogen-bond donors (Lipinski definition) is 3. The molecule has 0 fully saturated rings. The number of rotatable bonds is 14. The van der Waals surface area contributed by atoms with Crippen molar-refractivity contribution in [2.75, 3.05) is 0 Å². The van der Waals surface area contributed by atoms with Gasteiger partial charge in [-0.1, -0.05) is 51.0 Å². The van der Waals surface area contributed by atoms with Gasteiger partial charge in [0.1, 0.15) is 17.7 Å². The molecular formula is C31H52N4O5. The molecule has 0 aliphatic rings. The van der Waals surface area contributed by atoms with Gasteiger partial charge in [0, 0.05) is 12.1 Å². The predicted molar refractivity (Wildman–Crippen MR) is 159 cm³/mol. The van der Waals surface area contributed by atoms with Crippen LogP contribution in [-0.2, 0) is 19.1 Å². The van der Waals surface area contributed by atoms with Gasteiger partial charge in [-0.15, -0.1) is 0 Å². The molecule has 0 saturated carbocycles. The van der Waals surface area contributed by atoms with E-state index in [1.807, 2.05) is 52.8 Å². The average molecular weight is 561 g/mol. The minimum atomic E-state index is -1.30. The first-order chi connectivity index (χ1) is 18.5. The number of carbonyl (C=O) groups is 4. The number of primary amides is 1. The SMILES string of the molecule is CCCC(C)NC(=O)C(c1cc(C)ccc1C)N(C(=O)C(CC(N)=O)NC(=O)OC(C)(C)C)C(C)CCC(C)C. The zero-order valence-electron chi connectivity index (χ0n) is 26.2. The molecule has 0 heterocycles. The molecule has 4 unspecified atom stereocenters. The molecular weight excluding hydrogens is 508 g/mol. The van der Waals surface area contributed by atoms with Gasteiger partial charge < -0.3 is 26.0 Å². The second-order valence-electron chi connectivity index (χ2n) is 12.4. The lowest BCUT2D eigenvalue weighted by molar-refractivity contribution is -0.146. The summed E-state index contributed by atoms with van der Waals surface area (Å²) < 4.78 is 5.37. The van der Waals surface area contributed by atoms with E-state index < -0.39 is 42.0 Å². The number of nitrogens with zero attached hydrogens (tertiary/aromatic N) is 1. The summed E-state index contributed by atoms with van der Waals surface area (Å²) in [5.41, 5.74) is 7.20. The second-order valence-corrected chi connectivity index (χ2v) is 12.4. The summed E-state index contributed by atoms with van der Waals surface area (Å²) in [5.74, 6) is -1.26. The molecule has 1 rings (SSSR count). The number of amides is 4. The number of ether oxygens (including phenoxy) is 1. The van der Waals surface area contributed by atoms with E-state index in [9.17, 15) is 19.2 Å². The molecule has 0 aromatic heterocycles. The monoisotopic (exact) mass is 560 g/mol. The van der Waals surface area contributed by atoms with Crippen LogP contribution < -0.4 is 16.4 Å². The molecule has 0 radical (unpaired) electrons. The highest BCUT2D eigenvalue weighted by molar-refractivity contribution is 5.95. The Bertz CT molecular complexity index is 1020. The van der Waals surface area contributed by atoms with Crippen molar-refractivity contribution in [1.82, 2.24) is 15.5 Å². The zero-order chi connectivity index (χ0) is 30.8. The second kappa shape index (κ2) is 15.6.